The van der Waals surface area contributed by atoms with Crippen molar-refractivity contribution in [2.24, 2.45) is 11.8 Å². The number of carboxylic acid groups (broad SMARTS) is 1. The molecule has 54 heavy (non-hydrogen) atoms. The summed E-state index contributed by atoms with van der Waals surface area (Å²) in [6, 6.07) is 0. The second-order valence-electron chi connectivity index (χ2n) is 13.5. The van der Waals surface area contributed by atoms with E-state index in [1.54, 1.807) is 6.92 Å². The molecule has 0 aliphatic rings. The van der Waals surface area contributed by atoms with Crippen LogP contribution in [0.2, 0.25) is 0 Å². The lowest BCUT2D eigenvalue weighted by Crippen LogP contribution is -2.50. The number of carboxylic acids is 1. The molecule has 0 saturated heterocycles. The van der Waals surface area contributed by atoms with Crippen molar-refractivity contribution in [1.29, 1.82) is 0 Å². The Labute approximate surface area is 336 Å². The van der Waals surface area contributed by atoms with Crippen LogP contribution in [0.1, 0.15) is 147 Å². The molecule has 0 aromatic rings. The molecular formula is C39H82ClN5O8S. The normalized spacial score (nSPS) is 11.7. The molecule has 2 unspecified atom stereocenters. The molecule has 5 N–H and O–H groups in total. The number of quaternary nitrogens is 1. The molecular weight excluding hydrogens is 734 g/mol. The number of halogens is 1. The fraction of sp³-hybridized carbons (Fsp3) is 0.846. The zero-order valence-electron chi connectivity index (χ0n) is 34.7. The van der Waals surface area contributed by atoms with Crippen molar-refractivity contribution in [1.82, 2.24) is 20.8 Å². The maximum absolute atomic E-state index is 11.4. The standard InChI is InChI=1S/C16H36N.C12H22N2O2.C6H13ClN2O.C4H8O5S.CH4/c1-5-9-13-17(14-10-6-2,15-11-7-3)16-12-8-4;1-5-10(4)12(16)14-8-6-7-13-11(15)9(2)3;1-2-6(10)8-4-3-5-9-7;1-3(4(5)6)2-10(7,8)9;/h5-16H2,1-4H3;10H,2,5-8H2,1,3-4H3,(H,13,15)(H,14,16);9H,2-5H2,1H3,(H,8,10);3H,2H2,1H3,(H,5,6)(H,7,8,9);1H4/q+1;;;;/p-1. The Morgan fingerprint density at radius 2 is 1.13 bits per heavy atom. The van der Waals surface area contributed by atoms with Crippen molar-refractivity contribution >= 4 is 45.6 Å². The molecule has 0 aliphatic heterocycles. The Kier molecular flexibility index (Phi) is 45.6. The molecule has 0 aromatic heterocycles. The monoisotopic (exact) mass is 816 g/mol. The quantitative estimate of drug-likeness (QED) is 0.0196. The van der Waals surface area contributed by atoms with Crippen molar-refractivity contribution in [3.8, 4) is 0 Å². The summed E-state index contributed by atoms with van der Waals surface area (Å²) in [5.41, 5.74) is 0.503. The first-order valence-electron chi connectivity index (χ1n) is 19.7. The van der Waals surface area contributed by atoms with Crippen LogP contribution in [0.15, 0.2) is 12.2 Å². The molecule has 0 fully saturated rings. The number of amides is 3. The van der Waals surface area contributed by atoms with E-state index < -0.39 is 27.8 Å². The molecule has 0 saturated carbocycles. The highest BCUT2D eigenvalue weighted by Gasteiger charge is 2.24. The van der Waals surface area contributed by atoms with Crippen LogP contribution in [0, 0.1) is 11.8 Å². The first-order valence-corrected chi connectivity index (χ1v) is 21.7. The van der Waals surface area contributed by atoms with E-state index >= 15 is 0 Å². The minimum atomic E-state index is -4.40. The summed E-state index contributed by atoms with van der Waals surface area (Å²) in [5.74, 6) is -3.15. The van der Waals surface area contributed by atoms with Gasteiger partial charge >= 0.3 is 5.97 Å². The van der Waals surface area contributed by atoms with Gasteiger partial charge in [0.15, 0.2) is 0 Å². The molecule has 0 aromatic carbocycles. The van der Waals surface area contributed by atoms with E-state index in [-0.39, 0.29) is 31.1 Å². The number of rotatable bonds is 27. The smallest absolute Gasteiger partial charge is 0.307 e. The van der Waals surface area contributed by atoms with Crippen molar-refractivity contribution < 1.29 is 41.7 Å². The van der Waals surface area contributed by atoms with Crippen LogP contribution in [-0.2, 0) is 29.3 Å². The molecule has 0 radical (unpaired) electrons. The van der Waals surface area contributed by atoms with Gasteiger partial charge < -0.3 is 30.1 Å². The highest BCUT2D eigenvalue weighted by molar-refractivity contribution is 7.85. The number of unbranched alkanes of at least 4 members (excludes halogenated alkanes) is 4. The fourth-order valence-electron chi connectivity index (χ4n) is 4.54. The predicted octanol–water partition coefficient (Wildman–Crippen LogP) is 6.77. The topological polar surface area (TPSA) is 194 Å². The van der Waals surface area contributed by atoms with Gasteiger partial charge in [-0.3, -0.25) is 19.2 Å². The van der Waals surface area contributed by atoms with Crippen molar-refractivity contribution in [2.45, 2.75) is 147 Å². The number of aliphatic carboxylic acids is 1. The summed E-state index contributed by atoms with van der Waals surface area (Å²) in [7, 11) is -4.40. The van der Waals surface area contributed by atoms with E-state index in [0.717, 1.165) is 32.7 Å². The second kappa shape index (κ2) is 40.4. The van der Waals surface area contributed by atoms with Gasteiger partial charge in [0.25, 0.3) is 0 Å². The summed E-state index contributed by atoms with van der Waals surface area (Å²) in [5, 5.41) is 16.4. The molecule has 0 aliphatic carbocycles. The Hall–Kier alpha value is -2.26. The molecule has 2 atom stereocenters. The zero-order valence-corrected chi connectivity index (χ0v) is 36.3. The number of carbonyl (C=O) groups excluding carboxylic acids is 3. The van der Waals surface area contributed by atoms with Gasteiger partial charge in [0, 0.05) is 44.1 Å². The highest BCUT2D eigenvalue weighted by atomic mass is 35.5. The van der Waals surface area contributed by atoms with E-state index in [2.05, 4.69) is 55.1 Å². The van der Waals surface area contributed by atoms with Crippen LogP contribution in [0.25, 0.3) is 0 Å². The maximum atomic E-state index is 11.4. The average molecular weight is 817 g/mol. The van der Waals surface area contributed by atoms with Crippen molar-refractivity contribution in [3.63, 3.8) is 0 Å². The van der Waals surface area contributed by atoms with Crippen LogP contribution < -0.4 is 20.8 Å². The number of carbonyl (C=O) groups is 4. The van der Waals surface area contributed by atoms with Gasteiger partial charge in [0.2, 0.25) is 17.7 Å². The molecule has 3 amide bonds. The summed E-state index contributed by atoms with van der Waals surface area (Å²) in [6.45, 7) is 29.7. The third kappa shape index (κ3) is 42.5. The van der Waals surface area contributed by atoms with Gasteiger partial charge in [-0.15, -0.1) is 0 Å². The second-order valence-corrected chi connectivity index (χ2v) is 15.3. The van der Waals surface area contributed by atoms with E-state index in [1.807, 2.05) is 20.8 Å². The van der Waals surface area contributed by atoms with Crippen LogP contribution in [0.3, 0.4) is 0 Å². The summed E-state index contributed by atoms with van der Waals surface area (Å²) >= 11 is 5.19. The Morgan fingerprint density at radius 1 is 0.722 bits per heavy atom. The number of nitrogens with one attached hydrogen (secondary N) is 4. The first kappa shape index (κ1) is 61.0. The lowest BCUT2D eigenvalue weighted by molar-refractivity contribution is -0.929. The van der Waals surface area contributed by atoms with Crippen LogP contribution in [-0.4, -0.2) is 104 Å². The molecule has 0 bridgehead atoms. The average Bonchev–Trinajstić information content (AvgIpc) is 3.11. The third-order valence-electron chi connectivity index (χ3n) is 8.30. The van der Waals surface area contributed by atoms with Gasteiger partial charge in [-0.2, -0.15) is 0 Å². The Bertz CT molecular complexity index is 1030. The molecule has 0 spiro atoms. The summed E-state index contributed by atoms with van der Waals surface area (Å²) < 4.78 is 31.2. The Balaban J connectivity index is -0.000000202. The summed E-state index contributed by atoms with van der Waals surface area (Å²) in [6.07, 6.45) is 14.1. The van der Waals surface area contributed by atoms with E-state index in [1.165, 1.54) is 82.0 Å². The maximum Gasteiger partial charge on any atom is 0.307 e. The molecule has 0 heterocycles. The van der Waals surface area contributed by atoms with Gasteiger partial charge in [-0.25, -0.2) is 13.3 Å². The minimum absolute atomic E-state index is 0. The van der Waals surface area contributed by atoms with Crippen LogP contribution in [0.5, 0.6) is 0 Å². The fourth-order valence-corrected chi connectivity index (χ4v) is 5.43. The van der Waals surface area contributed by atoms with Gasteiger partial charge in [-0.1, -0.05) is 95.1 Å². The SMILES string of the molecule is C.C=C(C)C(=O)NCCCNC(=O)C(C)CC.CC(CS(=O)(=O)[O-])C(=O)O.CCC(=O)NCCCNCl.CCCC[N+](CCCC)(CCCC)CCCC. The van der Waals surface area contributed by atoms with Crippen LogP contribution >= 0.6 is 11.8 Å². The van der Waals surface area contributed by atoms with Crippen LogP contribution in [0.4, 0.5) is 0 Å². The minimum Gasteiger partial charge on any atom is -0.748 e. The first-order chi connectivity index (χ1) is 24.9. The largest absolute Gasteiger partial charge is 0.748 e. The number of hydrogen-bond acceptors (Lipinski definition) is 8. The lowest BCUT2D eigenvalue weighted by atomic mass is 10.1. The van der Waals surface area contributed by atoms with E-state index in [4.69, 9.17) is 16.9 Å². The van der Waals surface area contributed by atoms with Gasteiger partial charge in [0.1, 0.15) is 0 Å². The van der Waals surface area contributed by atoms with Gasteiger partial charge in [0.05, 0.1) is 48.0 Å². The lowest BCUT2D eigenvalue weighted by Gasteiger charge is -2.39. The predicted molar refractivity (Wildman–Crippen MR) is 224 cm³/mol. The molecule has 0 rings (SSSR count). The number of nitrogens with zero attached hydrogens (tertiary/aromatic N) is 1. The molecule has 324 valence electrons. The van der Waals surface area contributed by atoms with Crippen molar-refractivity contribution in [2.75, 3.05) is 58.1 Å². The number of hydrogen-bond donors (Lipinski definition) is 5. The molecule has 15 heteroatoms. The van der Waals surface area contributed by atoms with E-state index in [9.17, 15) is 32.1 Å². The van der Waals surface area contributed by atoms with Gasteiger partial charge in [-0.05, 0) is 63.6 Å². The Morgan fingerprint density at radius 3 is 1.44 bits per heavy atom. The highest BCUT2D eigenvalue weighted by Crippen LogP contribution is 2.16. The third-order valence-corrected chi connectivity index (χ3v) is 9.39. The zero-order chi connectivity index (χ0) is 41.7. The van der Waals surface area contributed by atoms with E-state index in [0.29, 0.717) is 31.6 Å². The van der Waals surface area contributed by atoms with Crippen molar-refractivity contribution in [3.05, 3.63) is 12.2 Å². The summed E-state index contributed by atoms with van der Waals surface area (Å²) in [4.78, 5) is 45.5. The molecule has 13 nitrogen and oxygen atoms in total.